The minimum atomic E-state index is -0.570. The fourth-order valence-corrected chi connectivity index (χ4v) is 4.99. The molecule has 146 valence electrons. The molecule has 0 radical (unpaired) electrons. The van der Waals surface area contributed by atoms with E-state index in [-0.39, 0.29) is 6.42 Å². The number of carbonyl (C=O) groups is 2. The van der Waals surface area contributed by atoms with E-state index >= 15 is 0 Å². The lowest BCUT2D eigenvalue weighted by Gasteiger charge is -2.17. The minimum absolute atomic E-state index is 0.0576. The molecule has 28 heavy (non-hydrogen) atoms. The highest BCUT2D eigenvalue weighted by Gasteiger charge is 2.24. The highest BCUT2D eigenvalue weighted by molar-refractivity contribution is 7.16. The Morgan fingerprint density at radius 2 is 2.18 bits per heavy atom. The van der Waals surface area contributed by atoms with Crippen LogP contribution in [0.4, 0.5) is 5.00 Å². The maximum atomic E-state index is 12.2. The summed E-state index contributed by atoms with van der Waals surface area (Å²) in [6.45, 7) is 1.76. The van der Waals surface area contributed by atoms with Gasteiger partial charge in [0, 0.05) is 14.9 Å². The van der Waals surface area contributed by atoms with Crippen molar-refractivity contribution < 1.29 is 14.3 Å². The van der Waals surface area contributed by atoms with E-state index in [9.17, 15) is 14.9 Å². The van der Waals surface area contributed by atoms with Crippen molar-refractivity contribution in [2.24, 2.45) is 5.92 Å². The van der Waals surface area contributed by atoms with E-state index in [4.69, 9.17) is 27.9 Å². The van der Waals surface area contributed by atoms with Gasteiger partial charge < -0.3 is 10.1 Å². The number of fused-ring (bicyclic) bond motifs is 1. The van der Waals surface area contributed by atoms with Gasteiger partial charge in [0.25, 0.3) is 5.91 Å². The monoisotopic (exact) mass is 436 g/mol. The molecule has 1 heterocycles. The normalized spacial score (nSPS) is 15.4. The first-order valence-electron chi connectivity index (χ1n) is 8.81. The first-order valence-corrected chi connectivity index (χ1v) is 10.4. The Bertz CT molecular complexity index is 965. The summed E-state index contributed by atoms with van der Waals surface area (Å²) in [6, 6.07) is 7.01. The minimum Gasteiger partial charge on any atom is -0.455 e. The van der Waals surface area contributed by atoms with Crippen molar-refractivity contribution in [2.45, 2.75) is 32.6 Å². The van der Waals surface area contributed by atoms with Crippen LogP contribution in [0.15, 0.2) is 18.2 Å². The molecule has 0 aliphatic heterocycles. The summed E-state index contributed by atoms with van der Waals surface area (Å²) >= 11 is 13.3. The molecule has 3 rings (SSSR count). The van der Waals surface area contributed by atoms with Gasteiger partial charge in [-0.3, -0.25) is 9.59 Å². The number of benzene rings is 1. The Morgan fingerprint density at radius 1 is 1.39 bits per heavy atom. The van der Waals surface area contributed by atoms with Crippen molar-refractivity contribution in [3.05, 3.63) is 49.8 Å². The lowest BCUT2D eigenvalue weighted by molar-refractivity contribution is -0.146. The summed E-state index contributed by atoms with van der Waals surface area (Å²) in [6.07, 6.45) is 2.75. The number of halogens is 2. The van der Waals surface area contributed by atoms with Crippen molar-refractivity contribution in [2.75, 3.05) is 11.9 Å². The molecule has 1 atom stereocenters. The van der Waals surface area contributed by atoms with Crippen molar-refractivity contribution >= 4 is 51.4 Å². The number of rotatable bonds is 5. The number of nitriles is 1. The van der Waals surface area contributed by atoms with Gasteiger partial charge in [0.05, 0.1) is 12.0 Å². The van der Waals surface area contributed by atoms with Crippen molar-refractivity contribution in [1.29, 1.82) is 5.26 Å². The number of carbonyl (C=O) groups excluding carboxylic acids is 2. The lowest BCUT2D eigenvalue weighted by atomic mass is 9.89. The molecule has 2 aromatic rings. The topological polar surface area (TPSA) is 79.2 Å². The summed E-state index contributed by atoms with van der Waals surface area (Å²) in [5.41, 5.74) is 2.14. The Balaban J connectivity index is 1.57. The summed E-state index contributed by atoms with van der Waals surface area (Å²) < 4.78 is 5.04. The number of anilines is 1. The molecule has 1 aromatic heterocycles. The Kier molecular flexibility index (Phi) is 6.61. The lowest BCUT2D eigenvalue weighted by Crippen LogP contribution is -2.21. The number of thiophene rings is 1. The van der Waals surface area contributed by atoms with Gasteiger partial charge in [0.15, 0.2) is 6.61 Å². The van der Waals surface area contributed by atoms with Crippen LogP contribution in [0.1, 0.15) is 34.9 Å². The molecule has 8 heteroatoms. The SMILES string of the molecule is CC1CCc2c(sc(NC(=O)COC(=O)Cc3ccc(Cl)cc3Cl)c2C#N)C1. The van der Waals surface area contributed by atoms with Crippen LogP contribution in [0.25, 0.3) is 0 Å². The molecule has 1 N–H and O–H groups in total. The average Bonchev–Trinajstić information content (AvgIpc) is 2.98. The second-order valence-electron chi connectivity index (χ2n) is 6.79. The molecule has 1 unspecified atom stereocenters. The maximum Gasteiger partial charge on any atom is 0.310 e. The Hall–Kier alpha value is -2.07. The van der Waals surface area contributed by atoms with E-state index < -0.39 is 18.5 Å². The van der Waals surface area contributed by atoms with Gasteiger partial charge in [-0.2, -0.15) is 5.26 Å². The highest BCUT2D eigenvalue weighted by Crippen LogP contribution is 2.39. The predicted octanol–water partition coefficient (Wildman–Crippen LogP) is 4.78. The molecule has 1 amide bonds. The van der Waals surface area contributed by atoms with Crippen molar-refractivity contribution in [1.82, 2.24) is 0 Å². The second kappa shape index (κ2) is 8.95. The average molecular weight is 437 g/mol. The van der Waals surface area contributed by atoms with E-state index in [1.165, 1.54) is 11.3 Å². The van der Waals surface area contributed by atoms with Crippen molar-refractivity contribution in [3.63, 3.8) is 0 Å². The zero-order valence-corrected chi connectivity index (χ0v) is 17.5. The third kappa shape index (κ3) is 4.85. The summed E-state index contributed by atoms with van der Waals surface area (Å²) in [4.78, 5) is 25.3. The number of esters is 1. The fraction of sp³-hybridized carbons (Fsp3) is 0.350. The van der Waals surface area contributed by atoms with Crippen molar-refractivity contribution in [3.8, 4) is 6.07 Å². The fourth-order valence-electron chi connectivity index (χ4n) is 3.14. The number of hydrogen-bond donors (Lipinski definition) is 1. The van der Waals surface area contributed by atoms with Crippen LogP contribution in [-0.4, -0.2) is 18.5 Å². The first-order chi connectivity index (χ1) is 13.4. The number of nitrogens with zero attached hydrogens (tertiary/aromatic N) is 1. The molecular weight excluding hydrogens is 419 g/mol. The third-order valence-electron chi connectivity index (χ3n) is 4.59. The van der Waals surface area contributed by atoms with Crippen LogP contribution in [0.2, 0.25) is 10.0 Å². The zero-order chi connectivity index (χ0) is 20.3. The molecule has 0 spiro atoms. The van der Waals surface area contributed by atoms with E-state index in [0.717, 1.165) is 29.7 Å². The largest absolute Gasteiger partial charge is 0.455 e. The van der Waals surface area contributed by atoms with Crippen LogP contribution in [0.3, 0.4) is 0 Å². The quantitative estimate of drug-likeness (QED) is 0.684. The number of amides is 1. The van der Waals surface area contributed by atoms with Crippen LogP contribution >= 0.6 is 34.5 Å². The molecule has 0 bridgehead atoms. The molecule has 1 aliphatic rings. The van der Waals surface area contributed by atoms with Crippen LogP contribution in [0, 0.1) is 17.2 Å². The van der Waals surface area contributed by atoms with Crippen LogP contribution < -0.4 is 5.32 Å². The smallest absolute Gasteiger partial charge is 0.310 e. The molecule has 0 fully saturated rings. The Morgan fingerprint density at radius 3 is 2.89 bits per heavy atom. The molecular formula is C20H18Cl2N2O3S. The molecule has 1 aromatic carbocycles. The van der Waals surface area contributed by atoms with Gasteiger partial charge in [-0.25, -0.2) is 0 Å². The predicted molar refractivity (Wildman–Crippen MR) is 110 cm³/mol. The Labute approximate surface area is 177 Å². The van der Waals surface area contributed by atoms with E-state index in [0.29, 0.717) is 32.1 Å². The highest BCUT2D eigenvalue weighted by atomic mass is 35.5. The molecule has 1 aliphatic carbocycles. The maximum absolute atomic E-state index is 12.2. The third-order valence-corrected chi connectivity index (χ3v) is 6.35. The van der Waals surface area contributed by atoms with Gasteiger partial charge in [-0.05, 0) is 48.4 Å². The van der Waals surface area contributed by atoms with Gasteiger partial charge in [-0.15, -0.1) is 11.3 Å². The molecule has 0 saturated carbocycles. The first kappa shape index (κ1) is 20.7. The zero-order valence-electron chi connectivity index (χ0n) is 15.2. The number of nitrogens with one attached hydrogen (secondary N) is 1. The standard InChI is InChI=1S/C20H18Cl2N2O3S/c1-11-2-5-14-15(9-23)20(28-17(14)6-11)24-18(25)10-27-19(26)7-12-3-4-13(21)8-16(12)22/h3-4,8,11H,2,5-7,10H2,1H3,(H,24,25). The van der Waals surface area contributed by atoms with Gasteiger partial charge in [-0.1, -0.05) is 36.2 Å². The second-order valence-corrected chi connectivity index (χ2v) is 8.74. The molecule has 5 nitrogen and oxygen atoms in total. The van der Waals surface area contributed by atoms with E-state index in [1.807, 2.05) is 0 Å². The van der Waals surface area contributed by atoms with Gasteiger partial charge in [0.1, 0.15) is 11.1 Å². The van der Waals surface area contributed by atoms with Gasteiger partial charge in [0.2, 0.25) is 0 Å². The van der Waals surface area contributed by atoms with E-state index in [1.54, 1.807) is 18.2 Å². The molecule has 0 saturated heterocycles. The van der Waals surface area contributed by atoms with Gasteiger partial charge >= 0.3 is 5.97 Å². The van der Waals surface area contributed by atoms with E-state index in [2.05, 4.69) is 18.3 Å². The van der Waals surface area contributed by atoms with Crippen LogP contribution in [0.5, 0.6) is 0 Å². The number of hydrogen-bond acceptors (Lipinski definition) is 5. The summed E-state index contributed by atoms with van der Waals surface area (Å²) in [5, 5.41) is 13.5. The summed E-state index contributed by atoms with van der Waals surface area (Å²) in [7, 11) is 0. The van der Waals surface area contributed by atoms with Crippen LogP contribution in [-0.2, 0) is 33.6 Å². The summed E-state index contributed by atoms with van der Waals surface area (Å²) in [5.74, 6) is -0.472. The number of ether oxygens (including phenoxy) is 1.